The number of ether oxygens (including phenoxy) is 7. The molecule has 352 valence electrons. The van der Waals surface area contributed by atoms with Gasteiger partial charge in [-0.3, -0.25) is 9.69 Å². The van der Waals surface area contributed by atoms with Crippen LogP contribution < -0.4 is 34.1 Å². The van der Waals surface area contributed by atoms with Gasteiger partial charge in [0.15, 0.2) is 29.8 Å². The van der Waals surface area contributed by atoms with Crippen molar-refractivity contribution in [2.24, 2.45) is 0 Å². The van der Waals surface area contributed by atoms with Crippen LogP contribution in [0, 0.1) is 13.8 Å². The quantitative estimate of drug-likeness (QED) is 0.0789. The fourth-order valence-corrected chi connectivity index (χ4v) is 14.5. The van der Waals surface area contributed by atoms with Crippen molar-refractivity contribution in [1.29, 1.82) is 0 Å². The van der Waals surface area contributed by atoms with Crippen molar-refractivity contribution in [2.75, 3.05) is 34.4 Å². The van der Waals surface area contributed by atoms with E-state index in [2.05, 4.69) is 45.0 Å². The minimum atomic E-state index is -3.25. The van der Waals surface area contributed by atoms with E-state index in [0.29, 0.717) is 51.1 Å². The Hall–Kier alpha value is -6.28. The summed E-state index contributed by atoms with van der Waals surface area (Å²) in [5.41, 5.74) is 4.01. The molecule has 12 nitrogen and oxygen atoms in total. The molecular weight excluding hydrogens is 865 g/mol. The number of benzene rings is 5. The van der Waals surface area contributed by atoms with Gasteiger partial charge in [0, 0.05) is 35.9 Å². The van der Waals surface area contributed by atoms with Gasteiger partial charge in [-0.05, 0) is 72.8 Å². The van der Waals surface area contributed by atoms with Crippen LogP contribution >= 0.6 is 0 Å². The summed E-state index contributed by atoms with van der Waals surface area (Å²) in [4.78, 5) is 33.9. The van der Waals surface area contributed by atoms with Gasteiger partial charge in [0.2, 0.25) is 6.79 Å². The zero-order valence-corrected chi connectivity index (χ0v) is 41.3. The number of rotatable bonds is 14. The molecule has 0 aromatic heterocycles. The SMILES string of the molecule is C=C1[C@H]2c3c(cc(C)c(OC)c3OCc3ccccc3)C[C@@H](C(=O)N1[C@@H](CO[Si](c1ccccc1)(c1ccccc1)C(C)(C)C)c1cc(OCOC)c(C)c3c1OCO3)N2C(=O)OC(C)(C)C. The van der Waals surface area contributed by atoms with Crippen molar-refractivity contribution in [3.63, 3.8) is 0 Å². The summed E-state index contributed by atoms with van der Waals surface area (Å²) in [6.07, 6.45) is -0.491. The van der Waals surface area contributed by atoms with Crippen molar-refractivity contribution >= 4 is 30.7 Å². The number of aryl methyl sites for hydroxylation is 1. The minimum absolute atomic E-state index is 0.00601. The van der Waals surface area contributed by atoms with Crippen molar-refractivity contribution in [2.45, 2.75) is 97.2 Å². The Balaban J connectivity index is 1.36. The third-order valence-corrected chi connectivity index (χ3v) is 17.8. The van der Waals surface area contributed by atoms with Gasteiger partial charge in [0.25, 0.3) is 14.2 Å². The molecule has 1 saturated heterocycles. The van der Waals surface area contributed by atoms with E-state index in [1.165, 1.54) is 4.90 Å². The molecule has 8 rings (SSSR count). The Morgan fingerprint density at radius 3 is 2.03 bits per heavy atom. The molecule has 3 heterocycles. The molecule has 67 heavy (non-hydrogen) atoms. The van der Waals surface area contributed by atoms with Gasteiger partial charge in [-0.15, -0.1) is 0 Å². The van der Waals surface area contributed by atoms with E-state index < -0.39 is 43.2 Å². The molecule has 3 aliphatic heterocycles. The fourth-order valence-electron chi connectivity index (χ4n) is 9.93. The number of carbonyl (C=O) groups is 2. The molecule has 0 N–H and O–H groups in total. The van der Waals surface area contributed by atoms with E-state index in [0.717, 1.165) is 27.1 Å². The number of amides is 2. The monoisotopic (exact) mass is 926 g/mol. The second kappa shape index (κ2) is 18.8. The largest absolute Gasteiger partial charge is 0.493 e. The molecule has 2 bridgehead atoms. The Kier molecular flexibility index (Phi) is 13.2. The number of nitrogens with zero attached hydrogens (tertiary/aromatic N) is 2. The summed E-state index contributed by atoms with van der Waals surface area (Å²) in [5.74, 6) is 2.06. The highest BCUT2D eigenvalue weighted by Gasteiger charge is 2.56. The normalized spacial score (nSPS) is 17.2. The van der Waals surface area contributed by atoms with Gasteiger partial charge in [-0.1, -0.05) is 124 Å². The zero-order chi connectivity index (χ0) is 47.8. The lowest BCUT2D eigenvalue weighted by Gasteiger charge is -2.53. The molecule has 0 saturated carbocycles. The molecule has 0 unspecified atom stereocenters. The van der Waals surface area contributed by atoms with Crippen molar-refractivity contribution < 1.29 is 47.2 Å². The topological polar surface area (TPSA) is 114 Å². The Morgan fingerprint density at radius 2 is 1.45 bits per heavy atom. The van der Waals surface area contributed by atoms with E-state index in [-0.39, 0.29) is 39.1 Å². The Bertz CT molecular complexity index is 2590. The lowest BCUT2D eigenvalue weighted by Crippen LogP contribution is -2.67. The van der Waals surface area contributed by atoms with E-state index in [1.54, 1.807) is 19.1 Å². The summed E-state index contributed by atoms with van der Waals surface area (Å²) < 4.78 is 50.8. The molecule has 0 aliphatic carbocycles. The molecule has 13 heteroatoms. The number of hydrogen-bond donors (Lipinski definition) is 0. The first kappa shape index (κ1) is 47.2. The summed E-state index contributed by atoms with van der Waals surface area (Å²) >= 11 is 0. The summed E-state index contributed by atoms with van der Waals surface area (Å²) in [6, 6.07) is 31.6. The van der Waals surface area contributed by atoms with Crippen LogP contribution in [-0.2, 0) is 31.7 Å². The standard InChI is InChI=1S/C54H62N2O10Si/c1-34-27-38-28-42-51(57)55(36(3)46(56(42)52(58)66-53(4,5)6)45(38)50(47(34)60-11)61-30-37-21-15-12-16-22-37)43(41-29-44(62-32-59-10)35(2)48-49(41)64-33-63-48)31-65-67(54(7,8)9,39-23-17-13-18-24-39)40-25-19-14-20-26-40/h12-27,29,42-43,46H,3,28,30-33H2,1-2,4-11H3/t42-,43-,46-/m0/s1. The van der Waals surface area contributed by atoms with Crippen molar-refractivity contribution in [1.82, 2.24) is 9.80 Å². The van der Waals surface area contributed by atoms with Gasteiger partial charge >= 0.3 is 6.09 Å². The Labute approximate surface area is 395 Å². The highest BCUT2D eigenvalue weighted by atomic mass is 28.4. The highest BCUT2D eigenvalue weighted by molar-refractivity contribution is 6.99. The number of hydrogen-bond acceptors (Lipinski definition) is 10. The predicted molar refractivity (Wildman–Crippen MR) is 259 cm³/mol. The third kappa shape index (κ3) is 8.76. The molecular formula is C54H62N2O10Si. The maximum atomic E-state index is 15.9. The van der Waals surface area contributed by atoms with Gasteiger partial charge in [0.05, 0.1) is 19.8 Å². The van der Waals surface area contributed by atoms with E-state index >= 15 is 4.79 Å². The second-order valence-electron chi connectivity index (χ2n) is 19.3. The van der Waals surface area contributed by atoms with E-state index in [9.17, 15) is 4.79 Å². The van der Waals surface area contributed by atoms with Gasteiger partial charge in [-0.25, -0.2) is 4.79 Å². The summed E-state index contributed by atoms with van der Waals surface area (Å²) in [6.45, 7) is 20.8. The fraction of sp³-hybridized carbons (Fsp3) is 0.370. The highest BCUT2D eigenvalue weighted by Crippen LogP contribution is 2.55. The Morgan fingerprint density at radius 1 is 0.836 bits per heavy atom. The summed E-state index contributed by atoms with van der Waals surface area (Å²) in [5, 5.41) is 1.73. The maximum absolute atomic E-state index is 15.9. The second-order valence-corrected chi connectivity index (χ2v) is 23.6. The molecule has 3 aliphatic rings. The van der Waals surface area contributed by atoms with Gasteiger partial charge in [-0.2, -0.15) is 0 Å². The number of methoxy groups -OCH3 is 2. The molecule has 3 atom stereocenters. The van der Waals surface area contributed by atoms with Crippen LogP contribution in [0.15, 0.2) is 115 Å². The summed E-state index contributed by atoms with van der Waals surface area (Å²) in [7, 11) is -0.0879. The van der Waals surface area contributed by atoms with Gasteiger partial charge in [0.1, 0.15) is 30.0 Å². The number of carbonyl (C=O) groups excluding carboxylic acids is 2. The van der Waals surface area contributed by atoms with Crippen LogP contribution in [0.2, 0.25) is 5.04 Å². The van der Waals surface area contributed by atoms with Gasteiger partial charge < -0.3 is 42.5 Å². The lowest BCUT2D eigenvalue weighted by molar-refractivity contribution is -0.145. The zero-order valence-electron chi connectivity index (χ0n) is 40.3. The molecule has 5 aromatic carbocycles. The van der Waals surface area contributed by atoms with E-state index in [1.807, 2.05) is 113 Å². The number of fused-ring (bicyclic) bond motifs is 5. The van der Waals surface area contributed by atoms with E-state index in [4.69, 9.17) is 44.2 Å². The van der Waals surface area contributed by atoms with Crippen LogP contribution in [-0.4, -0.2) is 76.2 Å². The molecule has 0 spiro atoms. The third-order valence-electron chi connectivity index (χ3n) is 12.8. The number of piperazine rings is 1. The van der Waals surface area contributed by atoms with Crippen LogP contribution in [0.1, 0.15) is 87.0 Å². The first-order chi connectivity index (χ1) is 32.0. The van der Waals surface area contributed by atoms with Crippen LogP contribution in [0.4, 0.5) is 4.79 Å². The minimum Gasteiger partial charge on any atom is -0.493 e. The molecule has 1 fully saturated rings. The average molecular weight is 927 g/mol. The first-order valence-electron chi connectivity index (χ1n) is 22.7. The van der Waals surface area contributed by atoms with Crippen LogP contribution in [0.5, 0.6) is 28.7 Å². The van der Waals surface area contributed by atoms with Crippen molar-refractivity contribution in [3.8, 4) is 28.7 Å². The maximum Gasteiger partial charge on any atom is 0.411 e. The van der Waals surface area contributed by atoms with Crippen molar-refractivity contribution in [3.05, 3.63) is 149 Å². The lowest BCUT2D eigenvalue weighted by atomic mass is 9.80. The molecule has 5 aromatic rings. The average Bonchev–Trinajstić information content (AvgIpc) is 3.80. The van der Waals surface area contributed by atoms with Crippen LogP contribution in [0.3, 0.4) is 0 Å². The first-order valence-corrected chi connectivity index (χ1v) is 24.6. The molecule has 2 amide bonds. The van der Waals surface area contributed by atoms with Crippen LogP contribution in [0.25, 0.3) is 0 Å². The predicted octanol–water partition coefficient (Wildman–Crippen LogP) is 9.48. The smallest absolute Gasteiger partial charge is 0.411 e. The molecule has 0 radical (unpaired) electrons.